The molecule has 0 radical (unpaired) electrons. The molecule has 1 aromatic rings. The molecular weight excluding hydrogens is 172 g/mol. The maximum absolute atomic E-state index is 10.2. The van der Waals surface area contributed by atoms with Crippen LogP contribution in [-0.2, 0) is 0 Å². The first-order chi connectivity index (χ1) is 4.74. The molecular formula is C4H4N2O2S2. The quantitative estimate of drug-likeness (QED) is 0.680. The monoisotopic (exact) mass is 176 g/mol. The Morgan fingerprint density at radius 3 is 2.70 bits per heavy atom. The Balaban J connectivity index is 2.88. The number of thioether (sulfide) groups is 1. The molecule has 0 aliphatic carbocycles. The predicted molar refractivity (Wildman–Crippen MR) is 38.6 cm³/mol. The minimum atomic E-state index is -1.02. The fourth-order valence-electron chi connectivity index (χ4n) is 0.379. The maximum Gasteiger partial charge on any atom is 0.367 e. The fourth-order valence-corrected chi connectivity index (χ4v) is 1.49. The van der Waals surface area contributed by atoms with Crippen molar-refractivity contribution in [2.45, 2.75) is 4.34 Å². The van der Waals surface area contributed by atoms with Crippen LogP contribution in [0.4, 0.5) is 0 Å². The second-order valence-corrected chi connectivity index (χ2v) is 3.41. The molecule has 0 aliphatic heterocycles. The first-order valence-corrected chi connectivity index (χ1v) is 4.39. The van der Waals surface area contributed by atoms with Gasteiger partial charge in [0.25, 0.3) is 0 Å². The Kier molecular flexibility index (Phi) is 2.23. The average molecular weight is 176 g/mol. The van der Waals surface area contributed by atoms with Crippen LogP contribution in [-0.4, -0.2) is 27.5 Å². The molecule has 1 N–H and O–H groups in total. The molecule has 1 heterocycles. The molecule has 0 unspecified atom stereocenters. The molecule has 0 spiro atoms. The number of aromatic nitrogens is 2. The van der Waals surface area contributed by atoms with Gasteiger partial charge in [0.15, 0.2) is 4.34 Å². The Hall–Kier alpha value is -0.620. The lowest BCUT2D eigenvalue weighted by Gasteiger charge is -1.78. The zero-order valence-electron chi connectivity index (χ0n) is 5.07. The van der Waals surface area contributed by atoms with Crippen molar-refractivity contribution in [3.8, 4) is 0 Å². The van der Waals surface area contributed by atoms with Crippen LogP contribution in [0.5, 0.6) is 0 Å². The molecule has 0 fully saturated rings. The van der Waals surface area contributed by atoms with Gasteiger partial charge in [-0.2, -0.15) is 0 Å². The molecule has 1 aromatic heterocycles. The van der Waals surface area contributed by atoms with Gasteiger partial charge in [-0.05, 0) is 6.26 Å². The second-order valence-electron chi connectivity index (χ2n) is 1.38. The SMILES string of the molecule is CSc1nnc(C(=O)O)s1. The Bertz CT molecular complexity index is 247. The van der Waals surface area contributed by atoms with Crippen molar-refractivity contribution in [1.29, 1.82) is 0 Å². The van der Waals surface area contributed by atoms with Gasteiger partial charge in [-0.1, -0.05) is 23.1 Å². The van der Waals surface area contributed by atoms with Crippen molar-refractivity contribution in [3.63, 3.8) is 0 Å². The van der Waals surface area contributed by atoms with E-state index in [1.54, 1.807) is 0 Å². The summed E-state index contributed by atoms with van der Waals surface area (Å²) >= 11 is 2.47. The van der Waals surface area contributed by atoms with Crippen molar-refractivity contribution < 1.29 is 9.90 Å². The first-order valence-electron chi connectivity index (χ1n) is 2.35. The summed E-state index contributed by atoms with van der Waals surface area (Å²) in [5.41, 5.74) is 0. The lowest BCUT2D eigenvalue weighted by atomic mass is 10.7. The molecule has 1 rings (SSSR count). The minimum absolute atomic E-state index is 0.0457. The zero-order chi connectivity index (χ0) is 7.56. The highest BCUT2D eigenvalue weighted by molar-refractivity contribution is 8.00. The molecule has 0 aromatic carbocycles. The van der Waals surface area contributed by atoms with E-state index in [0.717, 1.165) is 11.3 Å². The lowest BCUT2D eigenvalue weighted by Crippen LogP contribution is -1.93. The lowest BCUT2D eigenvalue weighted by molar-refractivity contribution is 0.0695. The number of nitrogens with zero attached hydrogens (tertiary/aromatic N) is 2. The highest BCUT2D eigenvalue weighted by atomic mass is 32.2. The summed E-state index contributed by atoms with van der Waals surface area (Å²) in [5.74, 6) is -1.02. The largest absolute Gasteiger partial charge is 0.476 e. The summed E-state index contributed by atoms with van der Waals surface area (Å²) in [6, 6.07) is 0. The zero-order valence-corrected chi connectivity index (χ0v) is 6.70. The van der Waals surface area contributed by atoms with Crippen molar-refractivity contribution in [3.05, 3.63) is 5.01 Å². The molecule has 0 bridgehead atoms. The van der Waals surface area contributed by atoms with Gasteiger partial charge in [-0.15, -0.1) is 10.2 Å². The highest BCUT2D eigenvalue weighted by Gasteiger charge is 2.08. The second kappa shape index (κ2) is 2.98. The van der Waals surface area contributed by atoms with Crippen molar-refractivity contribution >= 4 is 29.1 Å². The summed E-state index contributed by atoms with van der Waals surface area (Å²) < 4.78 is 0.678. The van der Waals surface area contributed by atoms with Gasteiger partial charge in [0, 0.05) is 0 Å². The third kappa shape index (κ3) is 1.45. The Morgan fingerprint density at radius 2 is 2.40 bits per heavy atom. The van der Waals surface area contributed by atoms with Crippen molar-refractivity contribution in [2.75, 3.05) is 6.26 Å². The van der Waals surface area contributed by atoms with Crippen LogP contribution < -0.4 is 0 Å². The van der Waals surface area contributed by atoms with Crippen LogP contribution in [0.15, 0.2) is 4.34 Å². The van der Waals surface area contributed by atoms with Crippen LogP contribution >= 0.6 is 23.1 Å². The minimum Gasteiger partial charge on any atom is -0.476 e. The summed E-state index contributed by atoms with van der Waals surface area (Å²) in [7, 11) is 0. The normalized spacial score (nSPS) is 9.70. The molecule has 0 saturated carbocycles. The van der Waals surface area contributed by atoms with Crippen LogP contribution in [0, 0.1) is 0 Å². The standard InChI is InChI=1S/C4H4N2O2S2/c1-9-4-6-5-2(10-4)3(7)8/h1H3,(H,7,8). The number of hydrogen-bond donors (Lipinski definition) is 1. The fraction of sp³-hybridized carbons (Fsp3) is 0.250. The molecule has 0 amide bonds. The van der Waals surface area contributed by atoms with E-state index in [1.165, 1.54) is 11.8 Å². The first kappa shape index (κ1) is 7.49. The smallest absolute Gasteiger partial charge is 0.367 e. The molecule has 4 nitrogen and oxygen atoms in total. The van der Waals surface area contributed by atoms with E-state index < -0.39 is 5.97 Å². The number of aromatic carboxylic acids is 1. The predicted octanol–water partition coefficient (Wildman–Crippen LogP) is 0.958. The van der Waals surface area contributed by atoms with Crippen LogP contribution in [0.2, 0.25) is 0 Å². The van der Waals surface area contributed by atoms with E-state index in [9.17, 15) is 4.79 Å². The van der Waals surface area contributed by atoms with Gasteiger partial charge >= 0.3 is 5.97 Å². The molecule has 0 saturated heterocycles. The van der Waals surface area contributed by atoms with E-state index in [1.807, 2.05) is 6.26 Å². The van der Waals surface area contributed by atoms with E-state index in [0.29, 0.717) is 4.34 Å². The van der Waals surface area contributed by atoms with Gasteiger partial charge in [-0.25, -0.2) is 4.79 Å². The number of carboxylic acid groups (broad SMARTS) is 1. The van der Waals surface area contributed by atoms with Gasteiger partial charge in [0.05, 0.1) is 0 Å². The van der Waals surface area contributed by atoms with Crippen LogP contribution in [0.1, 0.15) is 9.80 Å². The highest BCUT2D eigenvalue weighted by Crippen LogP contribution is 2.18. The van der Waals surface area contributed by atoms with E-state index in [2.05, 4.69) is 10.2 Å². The third-order valence-electron chi connectivity index (χ3n) is 0.764. The summed E-state index contributed by atoms with van der Waals surface area (Å²) in [5, 5.41) is 15.5. The topological polar surface area (TPSA) is 63.1 Å². The van der Waals surface area contributed by atoms with Gasteiger partial charge in [-0.3, -0.25) is 0 Å². The third-order valence-corrected chi connectivity index (χ3v) is 2.65. The number of carboxylic acids is 1. The van der Waals surface area contributed by atoms with Crippen LogP contribution in [0.3, 0.4) is 0 Å². The number of hydrogen-bond acceptors (Lipinski definition) is 5. The van der Waals surface area contributed by atoms with Gasteiger partial charge < -0.3 is 5.11 Å². The summed E-state index contributed by atoms with van der Waals surface area (Å²) in [6.45, 7) is 0. The van der Waals surface area contributed by atoms with E-state index in [4.69, 9.17) is 5.11 Å². The summed E-state index contributed by atoms with van der Waals surface area (Å²) in [6.07, 6.45) is 1.83. The van der Waals surface area contributed by atoms with E-state index >= 15 is 0 Å². The van der Waals surface area contributed by atoms with Gasteiger partial charge in [0.1, 0.15) is 0 Å². The Labute approximate surface area is 65.3 Å². The molecule has 0 aliphatic rings. The average Bonchev–Trinajstić information content (AvgIpc) is 2.34. The Morgan fingerprint density at radius 1 is 1.70 bits per heavy atom. The number of rotatable bonds is 2. The molecule has 54 valence electrons. The maximum atomic E-state index is 10.2. The molecule has 10 heavy (non-hydrogen) atoms. The van der Waals surface area contributed by atoms with Gasteiger partial charge in [0.2, 0.25) is 5.01 Å². The van der Waals surface area contributed by atoms with Crippen LogP contribution in [0.25, 0.3) is 0 Å². The van der Waals surface area contributed by atoms with Crippen molar-refractivity contribution in [1.82, 2.24) is 10.2 Å². The van der Waals surface area contributed by atoms with E-state index in [-0.39, 0.29) is 5.01 Å². The summed E-state index contributed by atoms with van der Waals surface area (Å²) in [4.78, 5) is 10.2. The molecule has 0 atom stereocenters. The number of carbonyl (C=O) groups is 1. The van der Waals surface area contributed by atoms with Crippen molar-refractivity contribution in [2.24, 2.45) is 0 Å². The molecule has 6 heteroatoms.